The van der Waals surface area contributed by atoms with Gasteiger partial charge in [-0.1, -0.05) is 17.3 Å². The first kappa shape index (κ1) is 13.3. The Morgan fingerprint density at radius 3 is 3.00 bits per heavy atom. The Balaban J connectivity index is 2.12. The third-order valence-corrected chi connectivity index (χ3v) is 3.22. The standard InChI is InChI=1S/C16H14N2O3/c1-3-20-16(19)14-10(2)21-18-15(14)12-6-7-13-11(9-12)5-4-8-17-13/h4-9H,3H2,1-2H3. The number of carbonyl (C=O) groups is 1. The predicted molar refractivity (Wildman–Crippen MR) is 77.9 cm³/mol. The van der Waals surface area contributed by atoms with Crippen LogP contribution in [0.2, 0.25) is 0 Å². The van der Waals surface area contributed by atoms with Crippen molar-refractivity contribution in [1.82, 2.24) is 10.1 Å². The summed E-state index contributed by atoms with van der Waals surface area (Å²) in [5, 5.41) is 4.98. The fourth-order valence-corrected chi connectivity index (χ4v) is 2.24. The van der Waals surface area contributed by atoms with Crippen LogP contribution in [-0.2, 0) is 4.74 Å². The molecule has 0 radical (unpaired) electrons. The molecule has 2 aromatic heterocycles. The average molecular weight is 282 g/mol. The minimum absolute atomic E-state index is 0.310. The maximum absolute atomic E-state index is 12.0. The largest absolute Gasteiger partial charge is 0.462 e. The van der Waals surface area contributed by atoms with Crippen LogP contribution in [0.15, 0.2) is 41.1 Å². The zero-order chi connectivity index (χ0) is 14.8. The molecule has 0 aliphatic heterocycles. The molecule has 0 unspecified atom stereocenters. The SMILES string of the molecule is CCOC(=O)c1c(-c2ccc3ncccc3c2)noc1C. The number of benzene rings is 1. The monoisotopic (exact) mass is 282 g/mol. The van der Waals surface area contributed by atoms with Crippen molar-refractivity contribution in [2.45, 2.75) is 13.8 Å². The number of pyridine rings is 1. The molecule has 106 valence electrons. The van der Waals surface area contributed by atoms with Crippen LogP contribution in [-0.4, -0.2) is 22.7 Å². The van der Waals surface area contributed by atoms with Gasteiger partial charge < -0.3 is 9.26 Å². The minimum atomic E-state index is -0.419. The molecule has 0 fully saturated rings. The Labute approximate surface area is 121 Å². The third-order valence-electron chi connectivity index (χ3n) is 3.22. The fraction of sp³-hybridized carbons (Fsp3) is 0.188. The highest BCUT2D eigenvalue weighted by molar-refractivity contribution is 5.98. The van der Waals surface area contributed by atoms with Crippen molar-refractivity contribution in [1.29, 1.82) is 0 Å². The van der Waals surface area contributed by atoms with Crippen molar-refractivity contribution in [3.05, 3.63) is 47.9 Å². The molecule has 0 bridgehead atoms. The van der Waals surface area contributed by atoms with E-state index in [-0.39, 0.29) is 0 Å². The lowest BCUT2D eigenvalue weighted by molar-refractivity contribution is 0.0525. The number of hydrogen-bond acceptors (Lipinski definition) is 5. The third kappa shape index (κ3) is 2.38. The Kier molecular flexibility index (Phi) is 3.39. The normalized spacial score (nSPS) is 10.8. The van der Waals surface area contributed by atoms with E-state index >= 15 is 0 Å². The summed E-state index contributed by atoms with van der Waals surface area (Å²) in [6.45, 7) is 3.78. The molecule has 1 aromatic carbocycles. The second-order valence-corrected chi connectivity index (χ2v) is 4.59. The van der Waals surface area contributed by atoms with Gasteiger partial charge in [-0.3, -0.25) is 4.98 Å². The van der Waals surface area contributed by atoms with E-state index in [0.29, 0.717) is 23.6 Å². The number of esters is 1. The predicted octanol–water partition coefficient (Wildman–Crippen LogP) is 3.37. The van der Waals surface area contributed by atoms with Gasteiger partial charge in [-0.25, -0.2) is 4.79 Å². The second kappa shape index (κ2) is 5.36. The minimum Gasteiger partial charge on any atom is -0.462 e. The summed E-state index contributed by atoms with van der Waals surface area (Å²) in [5.41, 5.74) is 2.56. The van der Waals surface area contributed by atoms with Gasteiger partial charge in [0.05, 0.1) is 12.1 Å². The Morgan fingerprint density at radius 2 is 2.19 bits per heavy atom. The molecule has 2 heterocycles. The molecule has 0 N–H and O–H groups in total. The molecule has 21 heavy (non-hydrogen) atoms. The molecule has 0 aliphatic carbocycles. The van der Waals surface area contributed by atoms with Gasteiger partial charge in [0.25, 0.3) is 0 Å². The van der Waals surface area contributed by atoms with Gasteiger partial charge in [-0.05, 0) is 32.0 Å². The molecule has 5 nitrogen and oxygen atoms in total. The van der Waals surface area contributed by atoms with Gasteiger partial charge in [-0.15, -0.1) is 0 Å². The van der Waals surface area contributed by atoms with E-state index in [9.17, 15) is 4.79 Å². The number of rotatable bonds is 3. The van der Waals surface area contributed by atoms with Gasteiger partial charge >= 0.3 is 5.97 Å². The first-order valence-corrected chi connectivity index (χ1v) is 6.69. The highest BCUT2D eigenvalue weighted by atomic mass is 16.5. The molecule has 5 heteroatoms. The molecule has 3 rings (SSSR count). The van der Waals surface area contributed by atoms with Crippen LogP contribution in [0.3, 0.4) is 0 Å². The summed E-state index contributed by atoms with van der Waals surface area (Å²) in [6.07, 6.45) is 1.74. The van der Waals surface area contributed by atoms with E-state index in [1.807, 2.05) is 30.3 Å². The highest BCUT2D eigenvalue weighted by Gasteiger charge is 2.22. The van der Waals surface area contributed by atoms with Crippen molar-refractivity contribution in [2.75, 3.05) is 6.61 Å². The van der Waals surface area contributed by atoms with Crippen molar-refractivity contribution in [3.63, 3.8) is 0 Å². The number of ether oxygens (including phenoxy) is 1. The van der Waals surface area contributed by atoms with Crippen molar-refractivity contribution in [3.8, 4) is 11.3 Å². The van der Waals surface area contributed by atoms with E-state index in [2.05, 4.69) is 10.1 Å². The van der Waals surface area contributed by atoms with Crippen LogP contribution in [0.1, 0.15) is 23.0 Å². The number of nitrogens with zero attached hydrogens (tertiary/aromatic N) is 2. The lowest BCUT2D eigenvalue weighted by Crippen LogP contribution is -2.06. The van der Waals surface area contributed by atoms with E-state index in [4.69, 9.17) is 9.26 Å². The summed E-state index contributed by atoms with van der Waals surface area (Å²) in [5.74, 6) is 0.0345. The van der Waals surface area contributed by atoms with Crippen LogP contribution in [0.4, 0.5) is 0 Å². The quantitative estimate of drug-likeness (QED) is 0.689. The molecule has 3 aromatic rings. The van der Waals surface area contributed by atoms with E-state index in [1.54, 1.807) is 20.0 Å². The van der Waals surface area contributed by atoms with Gasteiger partial charge in [0, 0.05) is 17.1 Å². The number of hydrogen-bond donors (Lipinski definition) is 0. The molecular weight excluding hydrogens is 268 g/mol. The van der Waals surface area contributed by atoms with Crippen molar-refractivity contribution >= 4 is 16.9 Å². The topological polar surface area (TPSA) is 65.2 Å². The zero-order valence-corrected chi connectivity index (χ0v) is 11.8. The van der Waals surface area contributed by atoms with Crippen LogP contribution in [0.5, 0.6) is 0 Å². The summed E-state index contributed by atoms with van der Waals surface area (Å²) in [6, 6.07) is 9.52. The molecular formula is C16H14N2O3. The van der Waals surface area contributed by atoms with Crippen molar-refractivity contribution < 1.29 is 14.1 Å². The van der Waals surface area contributed by atoms with Crippen LogP contribution >= 0.6 is 0 Å². The first-order valence-electron chi connectivity index (χ1n) is 6.69. The van der Waals surface area contributed by atoms with Gasteiger partial charge in [0.1, 0.15) is 17.0 Å². The zero-order valence-electron chi connectivity index (χ0n) is 11.8. The maximum Gasteiger partial charge on any atom is 0.344 e. The van der Waals surface area contributed by atoms with Gasteiger partial charge in [-0.2, -0.15) is 0 Å². The lowest BCUT2D eigenvalue weighted by Gasteiger charge is -2.04. The van der Waals surface area contributed by atoms with E-state index < -0.39 is 5.97 Å². The summed E-state index contributed by atoms with van der Waals surface area (Å²) < 4.78 is 10.2. The lowest BCUT2D eigenvalue weighted by atomic mass is 10.0. The number of carbonyl (C=O) groups excluding carboxylic acids is 1. The van der Waals surface area contributed by atoms with Crippen LogP contribution < -0.4 is 0 Å². The van der Waals surface area contributed by atoms with Crippen molar-refractivity contribution in [2.24, 2.45) is 0 Å². The molecule has 0 aliphatic rings. The molecule has 0 spiro atoms. The molecule has 0 saturated heterocycles. The van der Waals surface area contributed by atoms with Gasteiger partial charge in [0.2, 0.25) is 0 Å². The maximum atomic E-state index is 12.0. The van der Waals surface area contributed by atoms with E-state index in [1.165, 1.54) is 0 Å². The summed E-state index contributed by atoms with van der Waals surface area (Å²) >= 11 is 0. The number of aromatic nitrogens is 2. The molecule has 0 amide bonds. The number of fused-ring (bicyclic) bond motifs is 1. The Morgan fingerprint density at radius 1 is 1.33 bits per heavy atom. The first-order chi connectivity index (χ1) is 10.2. The highest BCUT2D eigenvalue weighted by Crippen LogP contribution is 2.28. The smallest absolute Gasteiger partial charge is 0.344 e. The Hall–Kier alpha value is -2.69. The summed E-state index contributed by atoms with van der Waals surface area (Å²) in [4.78, 5) is 16.3. The van der Waals surface area contributed by atoms with Crippen LogP contribution in [0.25, 0.3) is 22.2 Å². The van der Waals surface area contributed by atoms with Gasteiger partial charge in [0.15, 0.2) is 0 Å². The Bertz CT molecular complexity index is 808. The molecule has 0 atom stereocenters. The van der Waals surface area contributed by atoms with Crippen LogP contribution in [0, 0.1) is 6.92 Å². The van der Waals surface area contributed by atoms with E-state index in [0.717, 1.165) is 16.5 Å². The molecule has 0 saturated carbocycles. The fourth-order valence-electron chi connectivity index (χ4n) is 2.24. The summed E-state index contributed by atoms with van der Waals surface area (Å²) in [7, 11) is 0. The second-order valence-electron chi connectivity index (χ2n) is 4.59. The number of aryl methyl sites for hydroxylation is 1. The average Bonchev–Trinajstić information content (AvgIpc) is 2.89.